The van der Waals surface area contributed by atoms with Gasteiger partial charge in [0.2, 0.25) is 0 Å². The third kappa shape index (κ3) is 1.87. The highest BCUT2D eigenvalue weighted by Gasteiger charge is 2.15. The number of rotatable bonds is 2. The van der Waals surface area contributed by atoms with Crippen molar-refractivity contribution in [3.05, 3.63) is 15.0 Å². The quantitative estimate of drug-likeness (QED) is 0.736. The average molecular weight is 234 g/mol. The second-order valence-corrected chi connectivity index (χ2v) is 4.67. The van der Waals surface area contributed by atoms with Crippen LogP contribution < -0.4 is 0 Å². The van der Waals surface area contributed by atoms with Crippen molar-refractivity contribution in [1.82, 2.24) is 4.98 Å². The number of carbonyl (C=O) groups excluding carboxylic acids is 1. The van der Waals surface area contributed by atoms with Crippen LogP contribution in [0.3, 0.4) is 0 Å². The van der Waals surface area contributed by atoms with Gasteiger partial charge in [0.15, 0.2) is 5.78 Å². The minimum Gasteiger partial charge on any atom is -0.292 e. The normalized spacial score (nSPS) is 10.5. The number of ketones is 1. The molecular formula is C7H8BrNOS. The summed E-state index contributed by atoms with van der Waals surface area (Å²) in [5.74, 6) is 0.117. The Morgan fingerprint density at radius 3 is 2.73 bits per heavy atom. The molecule has 0 aliphatic heterocycles. The zero-order valence-corrected chi connectivity index (χ0v) is 8.70. The van der Waals surface area contributed by atoms with E-state index in [1.165, 1.54) is 11.3 Å². The third-order valence-electron chi connectivity index (χ3n) is 1.28. The lowest BCUT2D eigenvalue weighted by atomic mass is 10.1. The van der Waals surface area contributed by atoms with Gasteiger partial charge in [0.1, 0.15) is 9.48 Å². The number of thiazole rings is 1. The summed E-state index contributed by atoms with van der Waals surface area (Å²) in [5, 5.41) is 0. The number of hydrogen-bond donors (Lipinski definition) is 0. The Morgan fingerprint density at radius 2 is 2.36 bits per heavy atom. The lowest BCUT2D eigenvalue weighted by Crippen LogP contribution is -2.07. The number of carbonyl (C=O) groups is 1. The van der Waals surface area contributed by atoms with Crippen LogP contribution in [-0.2, 0) is 0 Å². The molecule has 0 N–H and O–H groups in total. The van der Waals surface area contributed by atoms with Gasteiger partial charge in [-0.15, -0.1) is 11.3 Å². The van der Waals surface area contributed by atoms with E-state index in [1.54, 1.807) is 5.51 Å². The van der Waals surface area contributed by atoms with Gasteiger partial charge < -0.3 is 0 Å². The lowest BCUT2D eigenvalue weighted by molar-refractivity contribution is 0.0934. The lowest BCUT2D eigenvalue weighted by Gasteiger charge is -1.99. The SMILES string of the molecule is CC(C)C(=O)c1ncsc1Br. The van der Waals surface area contributed by atoms with Gasteiger partial charge in [0.25, 0.3) is 0 Å². The molecule has 1 aromatic rings. The molecule has 0 aromatic carbocycles. The monoisotopic (exact) mass is 233 g/mol. The van der Waals surface area contributed by atoms with E-state index in [1.807, 2.05) is 13.8 Å². The fourth-order valence-electron chi connectivity index (χ4n) is 0.666. The van der Waals surface area contributed by atoms with Crippen LogP contribution in [0.25, 0.3) is 0 Å². The average Bonchev–Trinajstić information content (AvgIpc) is 2.33. The van der Waals surface area contributed by atoms with Gasteiger partial charge in [-0.05, 0) is 15.9 Å². The summed E-state index contributed by atoms with van der Waals surface area (Å²) < 4.78 is 0.830. The smallest absolute Gasteiger partial charge is 0.185 e. The van der Waals surface area contributed by atoms with Crippen LogP contribution in [0.4, 0.5) is 0 Å². The molecule has 0 unspecified atom stereocenters. The van der Waals surface area contributed by atoms with Crippen molar-refractivity contribution in [2.45, 2.75) is 13.8 Å². The van der Waals surface area contributed by atoms with Crippen molar-refractivity contribution in [2.75, 3.05) is 0 Å². The van der Waals surface area contributed by atoms with Crippen LogP contribution in [0.1, 0.15) is 24.3 Å². The number of halogens is 1. The summed E-state index contributed by atoms with van der Waals surface area (Å²) in [6, 6.07) is 0. The predicted octanol–water partition coefficient (Wildman–Crippen LogP) is 2.74. The van der Waals surface area contributed by atoms with E-state index >= 15 is 0 Å². The maximum absolute atomic E-state index is 11.3. The summed E-state index contributed by atoms with van der Waals surface area (Å²) in [5.41, 5.74) is 2.23. The maximum atomic E-state index is 11.3. The zero-order valence-electron chi connectivity index (χ0n) is 6.30. The first-order valence-corrected chi connectivity index (χ1v) is 4.93. The standard InChI is InChI=1S/C7H8BrNOS/c1-4(2)6(10)5-7(8)11-3-9-5/h3-4H,1-2H3. The minimum absolute atomic E-state index is 0.0217. The summed E-state index contributed by atoms with van der Waals surface area (Å²) in [6.45, 7) is 3.74. The molecule has 1 rings (SSSR count). The van der Waals surface area contributed by atoms with Crippen LogP contribution in [-0.4, -0.2) is 10.8 Å². The molecular weight excluding hydrogens is 226 g/mol. The molecule has 11 heavy (non-hydrogen) atoms. The highest BCUT2D eigenvalue weighted by molar-refractivity contribution is 9.11. The molecule has 0 bridgehead atoms. The third-order valence-corrected chi connectivity index (χ3v) is 2.83. The first-order valence-electron chi connectivity index (χ1n) is 3.26. The van der Waals surface area contributed by atoms with E-state index in [0.717, 1.165) is 3.79 Å². The maximum Gasteiger partial charge on any atom is 0.185 e. The molecule has 1 aromatic heterocycles. The Morgan fingerprint density at radius 1 is 1.73 bits per heavy atom. The Labute approximate surface area is 77.8 Å². The van der Waals surface area contributed by atoms with Crippen molar-refractivity contribution in [3.63, 3.8) is 0 Å². The van der Waals surface area contributed by atoms with Crippen LogP contribution in [0.15, 0.2) is 9.30 Å². The van der Waals surface area contributed by atoms with Crippen molar-refractivity contribution in [1.29, 1.82) is 0 Å². The molecule has 0 amide bonds. The summed E-state index contributed by atoms with van der Waals surface area (Å²) in [6.07, 6.45) is 0. The minimum atomic E-state index is 0.0217. The van der Waals surface area contributed by atoms with E-state index in [0.29, 0.717) is 5.69 Å². The van der Waals surface area contributed by atoms with Crippen LogP contribution in [0, 0.1) is 5.92 Å². The van der Waals surface area contributed by atoms with Gasteiger partial charge >= 0.3 is 0 Å². The van der Waals surface area contributed by atoms with Crippen molar-refractivity contribution in [3.8, 4) is 0 Å². The predicted molar refractivity (Wildman–Crippen MR) is 49.0 cm³/mol. The molecule has 0 atom stereocenters. The molecule has 4 heteroatoms. The molecule has 0 radical (unpaired) electrons. The summed E-state index contributed by atoms with van der Waals surface area (Å²) in [4.78, 5) is 15.3. The number of nitrogens with zero attached hydrogens (tertiary/aromatic N) is 1. The van der Waals surface area contributed by atoms with E-state index in [4.69, 9.17) is 0 Å². The van der Waals surface area contributed by atoms with Gasteiger partial charge in [-0.2, -0.15) is 0 Å². The van der Waals surface area contributed by atoms with Crippen LogP contribution >= 0.6 is 27.3 Å². The Kier molecular flexibility index (Phi) is 2.78. The first kappa shape index (κ1) is 8.87. The molecule has 0 saturated heterocycles. The number of hydrogen-bond acceptors (Lipinski definition) is 3. The summed E-state index contributed by atoms with van der Waals surface area (Å²) >= 11 is 4.71. The van der Waals surface area contributed by atoms with Crippen molar-refractivity contribution in [2.24, 2.45) is 5.92 Å². The summed E-state index contributed by atoms with van der Waals surface area (Å²) in [7, 11) is 0. The molecule has 0 aliphatic carbocycles. The molecule has 2 nitrogen and oxygen atoms in total. The van der Waals surface area contributed by atoms with Crippen molar-refractivity contribution >= 4 is 33.0 Å². The molecule has 0 fully saturated rings. The second kappa shape index (κ2) is 3.45. The zero-order chi connectivity index (χ0) is 8.43. The molecule has 0 aliphatic rings. The highest BCUT2D eigenvalue weighted by Crippen LogP contribution is 2.22. The number of Topliss-reactive ketones (excluding diaryl/α,β-unsaturated/α-hetero) is 1. The Hall–Kier alpha value is -0.220. The second-order valence-electron chi connectivity index (χ2n) is 2.49. The molecule has 1 heterocycles. The fraction of sp³-hybridized carbons (Fsp3) is 0.429. The van der Waals surface area contributed by atoms with Gasteiger partial charge in [0, 0.05) is 5.92 Å². The van der Waals surface area contributed by atoms with Gasteiger partial charge in [-0.1, -0.05) is 13.8 Å². The Balaban J connectivity index is 2.93. The van der Waals surface area contributed by atoms with E-state index in [2.05, 4.69) is 20.9 Å². The van der Waals surface area contributed by atoms with Gasteiger partial charge in [-0.25, -0.2) is 4.98 Å². The molecule has 60 valence electrons. The van der Waals surface area contributed by atoms with E-state index < -0.39 is 0 Å². The topological polar surface area (TPSA) is 30.0 Å². The fourth-order valence-corrected chi connectivity index (χ4v) is 1.73. The molecule has 0 spiro atoms. The number of aromatic nitrogens is 1. The van der Waals surface area contributed by atoms with E-state index in [-0.39, 0.29) is 11.7 Å². The van der Waals surface area contributed by atoms with E-state index in [9.17, 15) is 4.79 Å². The van der Waals surface area contributed by atoms with Crippen molar-refractivity contribution < 1.29 is 4.79 Å². The largest absolute Gasteiger partial charge is 0.292 e. The van der Waals surface area contributed by atoms with Crippen LogP contribution in [0.5, 0.6) is 0 Å². The van der Waals surface area contributed by atoms with Gasteiger partial charge in [-0.3, -0.25) is 4.79 Å². The first-order chi connectivity index (χ1) is 5.13. The highest BCUT2D eigenvalue weighted by atomic mass is 79.9. The Bertz CT molecular complexity index is 269. The van der Waals surface area contributed by atoms with Crippen LogP contribution in [0.2, 0.25) is 0 Å². The van der Waals surface area contributed by atoms with Gasteiger partial charge in [0.05, 0.1) is 5.51 Å². The molecule has 0 saturated carbocycles.